The van der Waals surface area contributed by atoms with Crippen molar-refractivity contribution in [2.75, 3.05) is 38.0 Å². The Bertz CT molecular complexity index is 800. The molecule has 0 N–H and O–H groups in total. The molecule has 4 heterocycles. The molecule has 0 amide bonds. The lowest BCUT2D eigenvalue weighted by Crippen LogP contribution is -2.51. The summed E-state index contributed by atoms with van der Waals surface area (Å²) >= 11 is 7.26. The summed E-state index contributed by atoms with van der Waals surface area (Å²) in [5, 5.41) is 0.684. The monoisotopic (exact) mass is 356 g/mol. The van der Waals surface area contributed by atoms with E-state index in [2.05, 4.69) is 15.0 Å². The van der Waals surface area contributed by atoms with Crippen LogP contribution in [-0.2, 0) is 4.74 Å². The number of hydrogen-bond acceptors (Lipinski definition) is 7. The molecule has 122 valence electrons. The van der Waals surface area contributed by atoms with Gasteiger partial charge in [0, 0.05) is 13.7 Å². The van der Waals surface area contributed by atoms with E-state index in [0.29, 0.717) is 36.2 Å². The molecule has 2 aromatic rings. The number of rotatable bonds is 1. The summed E-state index contributed by atoms with van der Waals surface area (Å²) in [7, 11) is 1.92. The largest absolute Gasteiger partial charge is 0.474 e. The summed E-state index contributed by atoms with van der Waals surface area (Å²) in [4.78, 5) is 14.9. The summed E-state index contributed by atoms with van der Waals surface area (Å²) in [5.74, 6) is 0.213. The molecule has 9 heteroatoms. The molecule has 1 fully saturated rings. The van der Waals surface area contributed by atoms with Crippen LogP contribution in [0.1, 0.15) is 6.42 Å². The first-order valence-corrected chi connectivity index (χ1v) is 8.71. The van der Waals surface area contributed by atoms with Crippen LogP contribution in [0.5, 0.6) is 5.88 Å². The zero-order chi connectivity index (χ0) is 16.2. The molecule has 4 rings (SSSR count). The highest BCUT2D eigenvalue weighted by Gasteiger charge is 2.44. The lowest BCUT2D eigenvalue weighted by molar-refractivity contribution is 0.149. The van der Waals surface area contributed by atoms with Gasteiger partial charge < -0.3 is 14.4 Å². The number of thioether (sulfide) groups is 1. The van der Waals surface area contributed by atoms with E-state index in [1.54, 1.807) is 0 Å². The number of hydrogen-bond donors (Lipinski definition) is 0. The van der Waals surface area contributed by atoms with E-state index in [4.69, 9.17) is 21.1 Å². The highest BCUT2D eigenvalue weighted by molar-refractivity contribution is 7.98. The fourth-order valence-electron chi connectivity index (χ4n) is 3.01. The van der Waals surface area contributed by atoms with E-state index in [1.807, 2.05) is 18.2 Å². The van der Waals surface area contributed by atoms with Gasteiger partial charge in [-0.3, -0.25) is 0 Å². The molecule has 2 aromatic heterocycles. The number of ether oxygens (including phenoxy) is 2. The SMILES string of the molecule is CSc1nc2c3c(nc(Cl)c(F)c3n1)OCC1(CCOC1)N2C. The summed E-state index contributed by atoms with van der Waals surface area (Å²) in [5.41, 5.74) is -0.210. The van der Waals surface area contributed by atoms with Crippen molar-refractivity contribution in [1.82, 2.24) is 15.0 Å². The van der Waals surface area contributed by atoms with Gasteiger partial charge >= 0.3 is 0 Å². The van der Waals surface area contributed by atoms with Gasteiger partial charge in [-0.1, -0.05) is 23.4 Å². The molecule has 2 aliphatic heterocycles. The van der Waals surface area contributed by atoms with Gasteiger partial charge in [0.1, 0.15) is 28.9 Å². The van der Waals surface area contributed by atoms with Crippen LogP contribution >= 0.6 is 23.4 Å². The molecule has 0 saturated carbocycles. The van der Waals surface area contributed by atoms with Crippen molar-refractivity contribution in [3.63, 3.8) is 0 Å². The third-order valence-electron chi connectivity index (χ3n) is 4.44. The van der Waals surface area contributed by atoms with Crippen LogP contribution < -0.4 is 9.64 Å². The molecule has 6 nitrogen and oxygen atoms in total. The predicted molar refractivity (Wildman–Crippen MR) is 86.1 cm³/mol. The van der Waals surface area contributed by atoms with Crippen LogP contribution in [0.15, 0.2) is 5.16 Å². The minimum Gasteiger partial charge on any atom is -0.474 e. The van der Waals surface area contributed by atoms with E-state index in [0.717, 1.165) is 6.42 Å². The number of nitrogens with zero attached hydrogens (tertiary/aromatic N) is 4. The first-order valence-electron chi connectivity index (χ1n) is 7.11. The summed E-state index contributed by atoms with van der Waals surface area (Å²) in [6.45, 7) is 1.54. The van der Waals surface area contributed by atoms with Crippen LogP contribution in [0.3, 0.4) is 0 Å². The standard InChI is InChI=1S/C14H14ClFN4O2S/c1-20-11-7-9(17-13(19-11)23-2)8(16)10(15)18-12(7)22-6-14(20)3-4-21-5-14/h3-6H2,1-2H3. The fourth-order valence-corrected chi connectivity index (χ4v) is 3.54. The average molecular weight is 357 g/mol. The quantitative estimate of drug-likeness (QED) is 0.442. The van der Waals surface area contributed by atoms with Gasteiger partial charge in [-0.15, -0.1) is 0 Å². The van der Waals surface area contributed by atoms with Crippen molar-refractivity contribution >= 4 is 40.1 Å². The Balaban J connectivity index is 2.04. The second kappa shape index (κ2) is 5.32. The Kier molecular flexibility index (Phi) is 3.51. The minimum absolute atomic E-state index is 0.136. The summed E-state index contributed by atoms with van der Waals surface area (Å²) in [6, 6.07) is 0. The molecular formula is C14H14ClFN4O2S. The van der Waals surface area contributed by atoms with Crippen molar-refractivity contribution in [3.8, 4) is 5.88 Å². The molecule has 1 spiro atoms. The van der Waals surface area contributed by atoms with Gasteiger partial charge in [0.05, 0.1) is 6.61 Å². The predicted octanol–water partition coefficient (Wildman–Crippen LogP) is 2.53. The van der Waals surface area contributed by atoms with E-state index in [1.165, 1.54) is 11.8 Å². The lowest BCUT2D eigenvalue weighted by Gasteiger charge is -2.36. The normalized spacial score (nSPS) is 23.4. The Labute approximate surface area is 141 Å². The molecule has 23 heavy (non-hydrogen) atoms. The minimum atomic E-state index is -0.653. The van der Waals surface area contributed by atoms with Crippen molar-refractivity contribution in [2.24, 2.45) is 0 Å². The molecule has 0 bridgehead atoms. The zero-order valence-electron chi connectivity index (χ0n) is 12.6. The third-order valence-corrected chi connectivity index (χ3v) is 5.24. The summed E-state index contributed by atoms with van der Waals surface area (Å²) < 4.78 is 25.9. The number of aromatic nitrogens is 3. The maximum Gasteiger partial charge on any atom is 0.228 e. The molecule has 0 aromatic carbocycles. The maximum absolute atomic E-state index is 14.5. The number of likely N-dealkylation sites (N-methyl/N-ethyl adjacent to an activating group) is 1. The average Bonchev–Trinajstić information content (AvgIpc) is 3.01. The molecule has 2 aliphatic rings. The Morgan fingerprint density at radius 1 is 1.30 bits per heavy atom. The highest BCUT2D eigenvalue weighted by atomic mass is 35.5. The van der Waals surface area contributed by atoms with Crippen LogP contribution in [0.4, 0.5) is 10.2 Å². The maximum atomic E-state index is 14.5. The van der Waals surface area contributed by atoms with Gasteiger partial charge in [-0.25, -0.2) is 14.4 Å². The van der Waals surface area contributed by atoms with Crippen LogP contribution in [0.2, 0.25) is 5.15 Å². The Hall–Kier alpha value is -1.38. The van der Waals surface area contributed by atoms with Crippen molar-refractivity contribution in [2.45, 2.75) is 17.1 Å². The van der Waals surface area contributed by atoms with E-state index in [-0.39, 0.29) is 22.1 Å². The lowest BCUT2D eigenvalue weighted by atomic mass is 9.98. The molecule has 0 aliphatic carbocycles. The van der Waals surface area contributed by atoms with Crippen molar-refractivity contribution < 1.29 is 13.9 Å². The van der Waals surface area contributed by atoms with Gasteiger partial charge in [0.2, 0.25) is 5.88 Å². The first kappa shape index (κ1) is 15.2. The number of halogens is 2. The topological polar surface area (TPSA) is 60.4 Å². The van der Waals surface area contributed by atoms with E-state index < -0.39 is 5.82 Å². The number of anilines is 1. The third kappa shape index (κ3) is 2.15. The molecule has 0 radical (unpaired) electrons. The van der Waals surface area contributed by atoms with Crippen molar-refractivity contribution in [3.05, 3.63) is 11.0 Å². The van der Waals surface area contributed by atoms with E-state index >= 15 is 0 Å². The van der Waals surface area contributed by atoms with Crippen LogP contribution in [-0.4, -0.2) is 53.6 Å². The molecule has 1 unspecified atom stereocenters. The van der Waals surface area contributed by atoms with Gasteiger partial charge in [0.15, 0.2) is 16.1 Å². The van der Waals surface area contributed by atoms with Crippen molar-refractivity contribution in [1.29, 1.82) is 0 Å². The smallest absolute Gasteiger partial charge is 0.228 e. The molecular weight excluding hydrogens is 343 g/mol. The van der Waals surface area contributed by atoms with Gasteiger partial charge in [-0.05, 0) is 12.7 Å². The van der Waals surface area contributed by atoms with Crippen LogP contribution in [0.25, 0.3) is 10.9 Å². The highest BCUT2D eigenvalue weighted by Crippen LogP contribution is 2.42. The van der Waals surface area contributed by atoms with Gasteiger partial charge in [-0.2, -0.15) is 4.98 Å². The van der Waals surface area contributed by atoms with E-state index in [9.17, 15) is 4.39 Å². The summed E-state index contributed by atoms with van der Waals surface area (Å²) in [6.07, 6.45) is 2.64. The second-order valence-electron chi connectivity index (χ2n) is 5.65. The molecule has 1 saturated heterocycles. The Morgan fingerprint density at radius 3 is 2.83 bits per heavy atom. The Morgan fingerprint density at radius 2 is 2.13 bits per heavy atom. The molecule has 1 atom stereocenters. The fraction of sp³-hybridized carbons (Fsp3) is 0.500. The number of pyridine rings is 1. The van der Waals surface area contributed by atoms with Gasteiger partial charge in [0.25, 0.3) is 0 Å². The first-order chi connectivity index (χ1) is 11.1. The van der Waals surface area contributed by atoms with Crippen LogP contribution in [0, 0.1) is 5.82 Å². The zero-order valence-corrected chi connectivity index (χ0v) is 14.2. The second-order valence-corrected chi connectivity index (χ2v) is 6.79.